The number of nitrogens with zero attached hydrogens (tertiary/aromatic N) is 4. The first-order chi connectivity index (χ1) is 11.1. The Morgan fingerprint density at radius 2 is 2.09 bits per heavy atom. The van der Waals surface area contributed by atoms with Gasteiger partial charge in [0, 0.05) is 19.1 Å². The Labute approximate surface area is 136 Å². The van der Waals surface area contributed by atoms with E-state index in [1.165, 1.54) is 4.80 Å². The van der Waals surface area contributed by atoms with Crippen LogP contribution in [0.5, 0.6) is 0 Å². The van der Waals surface area contributed by atoms with E-state index in [0.29, 0.717) is 23.7 Å². The van der Waals surface area contributed by atoms with Gasteiger partial charge in [-0.25, -0.2) is 0 Å². The van der Waals surface area contributed by atoms with Gasteiger partial charge in [0.25, 0.3) is 5.91 Å². The Kier molecular flexibility index (Phi) is 4.43. The highest BCUT2D eigenvalue weighted by molar-refractivity contribution is 5.98. The number of hydrogen-bond donors (Lipinski definition) is 1. The molecule has 1 saturated heterocycles. The summed E-state index contributed by atoms with van der Waals surface area (Å²) in [7, 11) is 0. The molecule has 0 radical (unpaired) electrons. The highest BCUT2D eigenvalue weighted by atomic mass is 16.2. The summed E-state index contributed by atoms with van der Waals surface area (Å²) in [6, 6.07) is 5.87. The molecular weight excluding hydrogens is 290 g/mol. The van der Waals surface area contributed by atoms with Gasteiger partial charge in [-0.3, -0.25) is 4.79 Å². The van der Waals surface area contributed by atoms with Crippen LogP contribution in [0.2, 0.25) is 0 Å². The molecule has 1 aliphatic heterocycles. The summed E-state index contributed by atoms with van der Waals surface area (Å²) in [5, 5.41) is 8.34. The van der Waals surface area contributed by atoms with E-state index in [0.717, 1.165) is 24.9 Å². The van der Waals surface area contributed by atoms with Gasteiger partial charge in [0.1, 0.15) is 0 Å². The van der Waals surface area contributed by atoms with E-state index in [4.69, 9.17) is 5.73 Å². The second kappa shape index (κ2) is 6.50. The molecule has 0 bridgehead atoms. The zero-order chi connectivity index (χ0) is 16.4. The quantitative estimate of drug-likeness (QED) is 0.937. The van der Waals surface area contributed by atoms with Crippen LogP contribution in [0.1, 0.15) is 35.7 Å². The molecule has 6 nitrogen and oxygen atoms in total. The molecule has 0 spiro atoms. The lowest BCUT2D eigenvalue weighted by molar-refractivity contribution is 0.0532. The molecule has 2 heterocycles. The summed E-state index contributed by atoms with van der Waals surface area (Å²) in [5.74, 6) is 0.441. The van der Waals surface area contributed by atoms with Crippen LogP contribution in [0.4, 0.5) is 0 Å². The fourth-order valence-corrected chi connectivity index (χ4v) is 3.35. The lowest BCUT2D eigenvalue weighted by Gasteiger charge is -2.39. The Morgan fingerprint density at radius 3 is 2.78 bits per heavy atom. The lowest BCUT2D eigenvalue weighted by Crippen LogP contribution is -2.51. The van der Waals surface area contributed by atoms with Gasteiger partial charge in [0.05, 0.1) is 23.6 Å². The van der Waals surface area contributed by atoms with Crippen molar-refractivity contribution in [1.29, 1.82) is 0 Å². The summed E-state index contributed by atoms with van der Waals surface area (Å²) >= 11 is 0. The highest BCUT2D eigenvalue weighted by Gasteiger charge is 2.32. The van der Waals surface area contributed by atoms with Gasteiger partial charge >= 0.3 is 0 Å². The van der Waals surface area contributed by atoms with Crippen LogP contribution in [0.15, 0.2) is 30.6 Å². The monoisotopic (exact) mass is 313 g/mol. The third-order valence-corrected chi connectivity index (χ3v) is 4.63. The summed E-state index contributed by atoms with van der Waals surface area (Å²) in [5.41, 5.74) is 8.32. The van der Waals surface area contributed by atoms with Crippen molar-refractivity contribution in [3.8, 4) is 5.69 Å². The molecule has 0 unspecified atom stereocenters. The van der Waals surface area contributed by atoms with Gasteiger partial charge in [-0.2, -0.15) is 15.0 Å². The number of hydrogen-bond acceptors (Lipinski definition) is 4. The van der Waals surface area contributed by atoms with Gasteiger partial charge < -0.3 is 10.6 Å². The van der Waals surface area contributed by atoms with E-state index >= 15 is 0 Å². The minimum absolute atomic E-state index is 0.0167. The molecule has 122 valence electrons. The first kappa shape index (κ1) is 15.7. The van der Waals surface area contributed by atoms with Crippen LogP contribution in [0.3, 0.4) is 0 Å². The molecule has 1 amide bonds. The molecule has 1 aromatic carbocycles. The first-order valence-corrected chi connectivity index (χ1v) is 8.10. The van der Waals surface area contributed by atoms with Gasteiger partial charge in [0.15, 0.2) is 0 Å². The molecule has 0 aliphatic carbocycles. The molecule has 1 aliphatic rings. The minimum atomic E-state index is 0.0167. The van der Waals surface area contributed by atoms with Crippen molar-refractivity contribution in [1.82, 2.24) is 19.9 Å². The van der Waals surface area contributed by atoms with Gasteiger partial charge in [-0.05, 0) is 37.8 Å². The normalized spacial score (nSPS) is 21.4. The molecule has 2 aromatic rings. The van der Waals surface area contributed by atoms with Crippen LogP contribution in [-0.2, 0) is 0 Å². The Morgan fingerprint density at radius 1 is 1.35 bits per heavy atom. The third kappa shape index (κ3) is 2.99. The standard InChI is InChI=1S/C17H23N5O/c1-12-5-6-15(22-19-7-8-20-22)14(10-12)17(23)21-9-3-4-13(2)16(21)11-18/h5-8,10,13,16H,3-4,9,11,18H2,1-2H3/t13-,16-/m0/s1. The number of rotatable bonds is 3. The summed E-state index contributed by atoms with van der Waals surface area (Å²) in [6.07, 6.45) is 5.36. The van der Waals surface area contributed by atoms with Crippen LogP contribution in [0, 0.1) is 12.8 Å². The maximum atomic E-state index is 13.2. The van der Waals surface area contributed by atoms with E-state index in [-0.39, 0.29) is 11.9 Å². The molecule has 6 heteroatoms. The molecule has 2 N–H and O–H groups in total. The molecular formula is C17H23N5O. The molecule has 23 heavy (non-hydrogen) atoms. The van der Waals surface area contributed by atoms with E-state index in [9.17, 15) is 4.79 Å². The van der Waals surface area contributed by atoms with Crippen LogP contribution in [0.25, 0.3) is 5.69 Å². The summed E-state index contributed by atoms with van der Waals surface area (Å²) in [6.45, 7) is 5.40. The smallest absolute Gasteiger partial charge is 0.256 e. The summed E-state index contributed by atoms with van der Waals surface area (Å²) < 4.78 is 0. The maximum absolute atomic E-state index is 13.2. The van der Waals surface area contributed by atoms with Crippen molar-refractivity contribution in [3.63, 3.8) is 0 Å². The fraction of sp³-hybridized carbons (Fsp3) is 0.471. The average Bonchev–Trinajstić information content (AvgIpc) is 3.08. The van der Waals surface area contributed by atoms with Gasteiger partial charge in [-0.1, -0.05) is 18.6 Å². The Balaban J connectivity index is 2.00. The van der Waals surface area contributed by atoms with Crippen molar-refractivity contribution in [3.05, 3.63) is 41.7 Å². The van der Waals surface area contributed by atoms with E-state index < -0.39 is 0 Å². The van der Waals surface area contributed by atoms with Crippen LogP contribution < -0.4 is 5.73 Å². The van der Waals surface area contributed by atoms with Crippen molar-refractivity contribution in [2.45, 2.75) is 32.7 Å². The highest BCUT2D eigenvalue weighted by Crippen LogP contribution is 2.26. The number of nitrogens with two attached hydrogens (primary N) is 1. The number of aryl methyl sites for hydroxylation is 1. The molecule has 1 aromatic heterocycles. The van der Waals surface area contributed by atoms with Crippen LogP contribution >= 0.6 is 0 Å². The fourth-order valence-electron chi connectivity index (χ4n) is 3.35. The number of benzene rings is 1. The first-order valence-electron chi connectivity index (χ1n) is 8.10. The number of piperidine rings is 1. The van der Waals surface area contributed by atoms with E-state index in [1.807, 2.05) is 30.0 Å². The number of amides is 1. The van der Waals surface area contributed by atoms with Crippen molar-refractivity contribution in [2.24, 2.45) is 11.7 Å². The van der Waals surface area contributed by atoms with Crippen molar-refractivity contribution >= 4 is 5.91 Å². The zero-order valence-electron chi connectivity index (χ0n) is 13.6. The number of aromatic nitrogens is 3. The zero-order valence-corrected chi connectivity index (χ0v) is 13.6. The minimum Gasteiger partial charge on any atom is -0.334 e. The topological polar surface area (TPSA) is 77.0 Å². The van der Waals surface area contributed by atoms with Gasteiger partial charge in [0.2, 0.25) is 0 Å². The Bertz CT molecular complexity index is 682. The van der Waals surface area contributed by atoms with Gasteiger partial charge in [-0.15, -0.1) is 0 Å². The predicted molar refractivity (Wildman–Crippen MR) is 88.4 cm³/mol. The molecule has 0 saturated carbocycles. The number of carbonyl (C=O) groups is 1. The Hall–Kier alpha value is -2.21. The molecule has 2 atom stereocenters. The second-order valence-corrected chi connectivity index (χ2v) is 6.26. The largest absolute Gasteiger partial charge is 0.334 e. The van der Waals surface area contributed by atoms with Crippen molar-refractivity contribution in [2.75, 3.05) is 13.1 Å². The van der Waals surface area contributed by atoms with E-state index in [1.54, 1.807) is 12.4 Å². The summed E-state index contributed by atoms with van der Waals surface area (Å²) in [4.78, 5) is 16.6. The number of carbonyl (C=O) groups excluding carboxylic acids is 1. The predicted octanol–water partition coefficient (Wildman–Crippen LogP) is 1.78. The van der Waals surface area contributed by atoms with E-state index in [2.05, 4.69) is 17.1 Å². The maximum Gasteiger partial charge on any atom is 0.256 e. The van der Waals surface area contributed by atoms with Crippen LogP contribution in [-0.4, -0.2) is 44.9 Å². The number of likely N-dealkylation sites (tertiary alicyclic amines) is 1. The molecule has 1 fully saturated rings. The van der Waals surface area contributed by atoms with Crippen molar-refractivity contribution < 1.29 is 4.79 Å². The lowest BCUT2D eigenvalue weighted by atomic mass is 9.90. The third-order valence-electron chi connectivity index (χ3n) is 4.63. The SMILES string of the molecule is Cc1ccc(-n2nccn2)c(C(=O)N2CCC[C@H](C)[C@@H]2CN)c1. The molecule has 3 rings (SSSR count). The average molecular weight is 313 g/mol. The second-order valence-electron chi connectivity index (χ2n) is 6.26.